The highest BCUT2D eigenvalue weighted by Crippen LogP contribution is 2.25. The van der Waals surface area contributed by atoms with E-state index in [0.717, 1.165) is 10.6 Å². The van der Waals surface area contributed by atoms with Gasteiger partial charge in [0, 0.05) is 7.05 Å². The van der Waals surface area contributed by atoms with Gasteiger partial charge >= 0.3 is 6.03 Å². The molecule has 1 rings (SSSR count). The Bertz CT molecular complexity index is 284. The Morgan fingerprint density at radius 1 is 1.75 bits per heavy atom. The van der Waals surface area contributed by atoms with Crippen molar-refractivity contribution in [2.45, 2.75) is 6.92 Å². The number of amides is 2. The van der Waals surface area contributed by atoms with Crippen LogP contribution in [0.2, 0.25) is 0 Å². The predicted molar refractivity (Wildman–Crippen MR) is 50.2 cm³/mol. The van der Waals surface area contributed by atoms with Gasteiger partial charge in [-0.2, -0.15) is 0 Å². The number of anilines is 1. The van der Waals surface area contributed by atoms with Gasteiger partial charge in [0.1, 0.15) is 5.00 Å². The normalized spacial score (nSPS) is 9.58. The topological polar surface area (TPSA) is 58.4 Å². The summed E-state index contributed by atoms with van der Waals surface area (Å²) in [5.41, 5.74) is 3.15. The van der Waals surface area contributed by atoms with Gasteiger partial charge in [0.05, 0.1) is 0 Å². The maximum Gasteiger partial charge on any atom is 0.336 e. The number of aryl methyl sites for hydroxylation is 1. The van der Waals surface area contributed by atoms with Crippen molar-refractivity contribution in [3.63, 3.8) is 0 Å². The fourth-order valence-electron chi connectivity index (χ4n) is 0.897. The highest BCUT2D eigenvalue weighted by Gasteiger charge is 2.11. The largest absolute Gasteiger partial charge is 0.336 e. The summed E-state index contributed by atoms with van der Waals surface area (Å²) < 4.78 is 0. The Balaban J connectivity index is 2.84. The number of carbonyl (C=O) groups excluding carboxylic acids is 1. The second-order valence-electron chi connectivity index (χ2n) is 2.42. The zero-order chi connectivity index (χ0) is 9.14. The molecule has 0 aliphatic carbocycles. The average molecular weight is 185 g/mol. The summed E-state index contributed by atoms with van der Waals surface area (Å²) in [7, 11) is 1.68. The molecule has 12 heavy (non-hydrogen) atoms. The van der Waals surface area contributed by atoms with E-state index in [9.17, 15) is 4.79 Å². The summed E-state index contributed by atoms with van der Waals surface area (Å²) in [5.74, 6) is 4.99. The number of carbonyl (C=O) groups is 1. The predicted octanol–water partition coefficient (Wildman–Crippen LogP) is 1.08. The second-order valence-corrected chi connectivity index (χ2v) is 3.31. The molecule has 2 amide bonds. The molecule has 5 heteroatoms. The molecular formula is C7H11N3OS. The molecule has 0 aliphatic heterocycles. The molecule has 0 unspecified atom stereocenters. The molecular weight excluding hydrogens is 174 g/mol. The van der Waals surface area contributed by atoms with Gasteiger partial charge in [-0.15, -0.1) is 11.3 Å². The zero-order valence-electron chi connectivity index (χ0n) is 7.00. The molecule has 0 aromatic carbocycles. The molecule has 0 fully saturated rings. The number of hydrazine groups is 1. The first-order valence-electron chi connectivity index (χ1n) is 3.45. The Morgan fingerprint density at radius 2 is 2.42 bits per heavy atom. The maximum atomic E-state index is 11.1. The van der Waals surface area contributed by atoms with Crippen molar-refractivity contribution in [3.8, 4) is 0 Å². The fraction of sp³-hybridized carbons (Fsp3) is 0.286. The van der Waals surface area contributed by atoms with Crippen molar-refractivity contribution in [3.05, 3.63) is 17.0 Å². The van der Waals surface area contributed by atoms with E-state index in [1.54, 1.807) is 7.05 Å². The smallest absolute Gasteiger partial charge is 0.287 e. The van der Waals surface area contributed by atoms with Gasteiger partial charge in [-0.3, -0.25) is 10.3 Å². The molecule has 0 saturated heterocycles. The highest BCUT2D eigenvalue weighted by molar-refractivity contribution is 7.14. The first-order valence-corrected chi connectivity index (χ1v) is 4.33. The number of hydrogen-bond acceptors (Lipinski definition) is 3. The minimum Gasteiger partial charge on any atom is -0.287 e. The summed E-state index contributed by atoms with van der Waals surface area (Å²) in [5, 5.41) is 2.85. The number of nitrogens with two attached hydrogens (primary N) is 1. The van der Waals surface area contributed by atoms with Crippen molar-refractivity contribution in [2.75, 3.05) is 11.9 Å². The molecule has 66 valence electrons. The number of rotatable bonds is 1. The van der Waals surface area contributed by atoms with Crippen LogP contribution in [-0.2, 0) is 0 Å². The third kappa shape index (κ3) is 1.57. The molecule has 1 heterocycles. The van der Waals surface area contributed by atoms with Crippen LogP contribution in [0.5, 0.6) is 0 Å². The van der Waals surface area contributed by atoms with Crippen molar-refractivity contribution in [1.82, 2.24) is 5.43 Å². The molecule has 0 saturated carbocycles. The SMILES string of the molecule is Cc1ccsc1N(C)C(=O)NN. The summed E-state index contributed by atoms with van der Waals surface area (Å²) in [6, 6.07) is 1.65. The van der Waals surface area contributed by atoms with Gasteiger partial charge in [0.2, 0.25) is 0 Å². The van der Waals surface area contributed by atoms with Crippen LogP contribution in [0.1, 0.15) is 5.56 Å². The van der Waals surface area contributed by atoms with Gasteiger partial charge in [-0.25, -0.2) is 10.6 Å². The van der Waals surface area contributed by atoms with Gasteiger partial charge in [0.15, 0.2) is 0 Å². The minimum atomic E-state index is -0.305. The van der Waals surface area contributed by atoms with Crippen molar-refractivity contribution < 1.29 is 4.79 Å². The fourth-order valence-corrected chi connectivity index (χ4v) is 1.79. The Hall–Kier alpha value is -1.07. The second kappa shape index (κ2) is 3.55. The van der Waals surface area contributed by atoms with Gasteiger partial charge < -0.3 is 0 Å². The number of nitrogens with zero attached hydrogens (tertiary/aromatic N) is 1. The van der Waals surface area contributed by atoms with Gasteiger partial charge in [-0.1, -0.05) is 0 Å². The van der Waals surface area contributed by atoms with Crippen LogP contribution in [0, 0.1) is 6.92 Å². The van der Waals surface area contributed by atoms with Crippen LogP contribution in [0.3, 0.4) is 0 Å². The van der Waals surface area contributed by atoms with Crippen LogP contribution in [0.25, 0.3) is 0 Å². The third-order valence-corrected chi connectivity index (χ3v) is 2.66. The van der Waals surface area contributed by atoms with E-state index in [1.165, 1.54) is 16.2 Å². The molecule has 0 atom stereocenters. The van der Waals surface area contributed by atoms with E-state index >= 15 is 0 Å². The molecule has 0 spiro atoms. The molecule has 0 bridgehead atoms. The van der Waals surface area contributed by atoms with E-state index in [0.29, 0.717) is 0 Å². The molecule has 1 aromatic rings. The molecule has 3 N–H and O–H groups in total. The Morgan fingerprint density at radius 3 is 2.83 bits per heavy atom. The Kier molecular flexibility index (Phi) is 2.67. The van der Waals surface area contributed by atoms with Crippen LogP contribution in [0.15, 0.2) is 11.4 Å². The van der Waals surface area contributed by atoms with E-state index < -0.39 is 0 Å². The number of nitrogens with one attached hydrogen (secondary N) is 1. The third-order valence-electron chi connectivity index (χ3n) is 1.57. The summed E-state index contributed by atoms with van der Waals surface area (Å²) in [6.07, 6.45) is 0. The van der Waals surface area contributed by atoms with Gasteiger partial charge in [-0.05, 0) is 23.9 Å². The first-order chi connectivity index (χ1) is 5.66. The van der Waals surface area contributed by atoms with Crippen molar-refractivity contribution in [2.24, 2.45) is 5.84 Å². The zero-order valence-corrected chi connectivity index (χ0v) is 7.81. The van der Waals surface area contributed by atoms with E-state index in [-0.39, 0.29) is 6.03 Å². The van der Waals surface area contributed by atoms with E-state index in [1.807, 2.05) is 18.4 Å². The van der Waals surface area contributed by atoms with Crippen LogP contribution < -0.4 is 16.2 Å². The average Bonchev–Trinajstić information content (AvgIpc) is 2.48. The summed E-state index contributed by atoms with van der Waals surface area (Å²) in [4.78, 5) is 12.5. The van der Waals surface area contributed by atoms with Crippen molar-refractivity contribution >= 4 is 22.4 Å². The molecule has 0 radical (unpaired) electrons. The van der Waals surface area contributed by atoms with Crippen LogP contribution in [0.4, 0.5) is 9.80 Å². The quantitative estimate of drug-likeness (QED) is 0.390. The van der Waals surface area contributed by atoms with Crippen LogP contribution >= 0.6 is 11.3 Å². The Labute approximate surface area is 74.9 Å². The lowest BCUT2D eigenvalue weighted by atomic mass is 10.3. The number of thiophene rings is 1. The molecule has 0 aliphatic rings. The lowest BCUT2D eigenvalue weighted by Gasteiger charge is -2.14. The highest BCUT2D eigenvalue weighted by atomic mass is 32.1. The molecule has 4 nitrogen and oxygen atoms in total. The van der Waals surface area contributed by atoms with Crippen LogP contribution in [-0.4, -0.2) is 13.1 Å². The van der Waals surface area contributed by atoms with E-state index in [2.05, 4.69) is 5.43 Å². The monoisotopic (exact) mass is 185 g/mol. The van der Waals surface area contributed by atoms with Gasteiger partial charge in [0.25, 0.3) is 0 Å². The maximum absolute atomic E-state index is 11.1. The standard InChI is InChI=1S/C7H11N3OS/c1-5-3-4-12-6(5)10(2)7(11)9-8/h3-4H,8H2,1-2H3,(H,9,11). The lowest BCUT2D eigenvalue weighted by molar-refractivity contribution is 0.248. The first kappa shape index (κ1) is 9.02. The number of urea groups is 1. The summed E-state index contributed by atoms with van der Waals surface area (Å²) >= 11 is 1.51. The summed E-state index contributed by atoms with van der Waals surface area (Å²) in [6.45, 7) is 1.95. The minimum absolute atomic E-state index is 0.305. The van der Waals surface area contributed by atoms with Crippen molar-refractivity contribution in [1.29, 1.82) is 0 Å². The van der Waals surface area contributed by atoms with E-state index in [4.69, 9.17) is 5.84 Å². The number of hydrogen-bond donors (Lipinski definition) is 2. The lowest BCUT2D eigenvalue weighted by Crippen LogP contribution is -2.41. The molecule has 1 aromatic heterocycles.